The van der Waals surface area contributed by atoms with Crippen LogP contribution >= 0.6 is 11.6 Å². The minimum absolute atomic E-state index is 0.0521. The minimum atomic E-state index is -0.853. The molecule has 0 aliphatic rings. The number of carboxylic acids is 1. The average Bonchev–Trinajstić information content (AvgIpc) is 2.99. The van der Waals surface area contributed by atoms with Crippen LogP contribution in [-0.2, 0) is 24.2 Å². The molecule has 3 rings (SSSR count). The van der Waals surface area contributed by atoms with E-state index in [0.29, 0.717) is 11.4 Å². The molecule has 0 aliphatic carbocycles. The fraction of sp³-hybridized carbons (Fsp3) is 0.273. The van der Waals surface area contributed by atoms with E-state index < -0.39 is 5.97 Å². The lowest BCUT2D eigenvalue weighted by Gasteiger charge is -2.12. The molecule has 0 fully saturated rings. The van der Waals surface area contributed by atoms with Gasteiger partial charge in [0.2, 0.25) is 0 Å². The van der Waals surface area contributed by atoms with Gasteiger partial charge < -0.3 is 9.67 Å². The monoisotopic (exact) mass is 382 g/mol. The smallest absolute Gasteiger partial charge is 0.309 e. The summed E-state index contributed by atoms with van der Waals surface area (Å²) in [7, 11) is 0. The van der Waals surface area contributed by atoms with Crippen LogP contribution in [0.15, 0.2) is 54.6 Å². The van der Waals surface area contributed by atoms with E-state index >= 15 is 0 Å². The summed E-state index contributed by atoms with van der Waals surface area (Å²) in [5.41, 5.74) is 3.42. The lowest BCUT2D eigenvalue weighted by atomic mass is 10.1. The van der Waals surface area contributed by atoms with Crippen molar-refractivity contribution in [1.82, 2.24) is 9.55 Å². The number of carboxylic acid groups (broad SMARTS) is 1. The maximum Gasteiger partial charge on any atom is 0.309 e. The molecule has 2 aromatic carbocycles. The Morgan fingerprint density at radius 3 is 2.48 bits per heavy atom. The fourth-order valence-electron chi connectivity index (χ4n) is 3.21. The molecule has 0 bridgehead atoms. The number of hydrogen-bond acceptors (Lipinski definition) is 2. The summed E-state index contributed by atoms with van der Waals surface area (Å²) in [4.78, 5) is 16.4. The van der Waals surface area contributed by atoms with Gasteiger partial charge in [0.1, 0.15) is 5.82 Å². The van der Waals surface area contributed by atoms with Crippen LogP contribution in [0.2, 0.25) is 5.02 Å². The van der Waals surface area contributed by atoms with E-state index in [1.54, 1.807) is 0 Å². The molecule has 0 saturated heterocycles. The van der Waals surface area contributed by atoms with E-state index in [-0.39, 0.29) is 6.42 Å². The van der Waals surface area contributed by atoms with Gasteiger partial charge in [-0.2, -0.15) is 0 Å². The molecule has 0 aliphatic heterocycles. The van der Waals surface area contributed by atoms with Crippen molar-refractivity contribution in [3.05, 3.63) is 76.7 Å². The normalized spacial score (nSPS) is 10.9. The first kappa shape index (κ1) is 19.2. The summed E-state index contributed by atoms with van der Waals surface area (Å²) >= 11 is 6.35. The summed E-state index contributed by atoms with van der Waals surface area (Å²) in [6.07, 6.45) is 2.51. The SMILES string of the molecule is CCCCn1c(Cc2ccccc2Cl)nc(-c2ccccc2)c1CC(=O)O. The molecule has 1 aromatic heterocycles. The van der Waals surface area contributed by atoms with Crippen molar-refractivity contribution in [3.63, 3.8) is 0 Å². The van der Waals surface area contributed by atoms with Gasteiger partial charge in [-0.25, -0.2) is 4.98 Å². The van der Waals surface area contributed by atoms with Gasteiger partial charge in [0.25, 0.3) is 0 Å². The minimum Gasteiger partial charge on any atom is -0.481 e. The molecule has 4 nitrogen and oxygen atoms in total. The van der Waals surface area contributed by atoms with E-state index in [1.807, 2.05) is 54.6 Å². The number of carbonyl (C=O) groups is 1. The molecule has 1 heterocycles. The highest BCUT2D eigenvalue weighted by Crippen LogP contribution is 2.28. The molecule has 5 heteroatoms. The Hall–Kier alpha value is -2.59. The summed E-state index contributed by atoms with van der Waals surface area (Å²) in [6.45, 7) is 2.87. The molecule has 0 spiro atoms. The second-order valence-electron chi connectivity index (χ2n) is 6.53. The van der Waals surface area contributed by atoms with Crippen LogP contribution in [0.1, 0.15) is 36.8 Å². The number of nitrogens with zero attached hydrogens (tertiary/aromatic N) is 2. The fourth-order valence-corrected chi connectivity index (χ4v) is 3.42. The Morgan fingerprint density at radius 1 is 1.11 bits per heavy atom. The van der Waals surface area contributed by atoms with Crippen molar-refractivity contribution < 1.29 is 9.90 Å². The molecule has 1 N–H and O–H groups in total. The quantitative estimate of drug-likeness (QED) is 0.581. The molecular weight excluding hydrogens is 360 g/mol. The van der Waals surface area contributed by atoms with Crippen LogP contribution in [0.3, 0.4) is 0 Å². The number of benzene rings is 2. The van der Waals surface area contributed by atoms with Crippen molar-refractivity contribution >= 4 is 17.6 Å². The molecule has 0 amide bonds. The van der Waals surface area contributed by atoms with Crippen molar-refractivity contribution in [3.8, 4) is 11.3 Å². The lowest BCUT2D eigenvalue weighted by Crippen LogP contribution is -2.12. The van der Waals surface area contributed by atoms with E-state index in [2.05, 4.69) is 11.5 Å². The summed E-state index contributed by atoms with van der Waals surface area (Å²) < 4.78 is 2.07. The maximum absolute atomic E-state index is 11.5. The van der Waals surface area contributed by atoms with E-state index in [1.165, 1.54) is 0 Å². The Balaban J connectivity index is 2.11. The Bertz CT molecular complexity index is 919. The standard InChI is InChI=1S/C22H23ClN2O2/c1-2-3-13-25-19(15-21(26)27)22(16-9-5-4-6-10-16)24-20(25)14-17-11-7-8-12-18(17)23/h4-12H,2-3,13-15H2,1H3,(H,26,27). The van der Waals surface area contributed by atoms with Gasteiger partial charge in [-0.05, 0) is 18.1 Å². The Labute approximate surface area is 164 Å². The van der Waals surface area contributed by atoms with Gasteiger partial charge in [0.15, 0.2) is 0 Å². The summed E-state index contributed by atoms with van der Waals surface area (Å²) in [6, 6.07) is 17.5. The van der Waals surface area contributed by atoms with Crippen molar-refractivity contribution in [2.45, 2.75) is 39.2 Å². The van der Waals surface area contributed by atoms with Crippen molar-refractivity contribution in [2.24, 2.45) is 0 Å². The number of aromatic nitrogens is 2. The van der Waals surface area contributed by atoms with Gasteiger partial charge in [-0.1, -0.05) is 73.5 Å². The van der Waals surface area contributed by atoms with Crippen LogP contribution < -0.4 is 0 Å². The highest BCUT2D eigenvalue weighted by atomic mass is 35.5. The van der Waals surface area contributed by atoms with Crippen LogP contribution in [-0.4, -0.2) is 20.6 Å². The molecule has 0 saturated carbocycles. The molecule has 140 valence electrons. The second-order valence-corrected chi connectivity index (χ2v) is 6.94. The van der Waals surface area contributed by atoms with Crippen LogP contribution in [0.5, 0.6) is 0 Å². The van der Waals surface area contributed by atoms with Crippen molar-refractivity contribution in [1.29, 1.82) is 0 Å². The number of halogens is 1. The van der Waals surface area contributed by atoms with Gasteiger partial charge in [0, 0.05) is 23.6 Å². The molecule has 0 unspecified atom stereocenters. The van der Waals surface area contributed by atoms with E-state index in [4.69, 9.17) is 16.6 Å². The first-order valence-electron chi connectivity index (χ1n) is 9.19. The molecular formula is C22H23ClN2O2. The van der Waals surface area contributed by atoms with E-state index in [0.717, 1.165) is 47.7 Å². The number of imidazole rings is 1. The van der Waals surface area contributed by atoms with Crippen LogP contribution in [0.25, 0.3) is 11.3 Å². The van der Waals surface area contributed by atoms with E-state index in [9.17, 15) is 9.90 Å². The summed E-state index contributed by atoms with van der Waals surface area (Å²) in [5, 5.41) is 10.2. The van der Waals surface area contributed by atoms with Gasteiger partial charge in [0.05, 0.1) is 17.8 Å². The molecule has 27 heavy (non-hydrogen) atoms. The average molecular weight is 383 g/mol. The topological polar surface area (TPSA) is 55.1 Å². The number of hydrogen-bond donors (Lipinski definition) is 1. The highest BCUT2D eigenvalue weighted by Gasteiger charge is 2.21. The third-order valence-electron chi connectivity index (χ3n) is 4.56. The first-order chi connectivity index (χ1) is 13.1. The Morgan fingerprint density at radius 2 is 1.81 bits per heavy atom. The largest absolute Gasteiger partial charge is 0.481 e. The summed E-state index contributed by atoms with van der Waals surface area (Å²) in [5.74, 6) is 0.000719. The number of unbranched alkanes of at least 4 members (excludes halogenated alkanes) is 1. The van der Waals surface area contributed by atoms with Gasteiger partial charge in [-0.3, -0.25) is 4.79 Å². The molecule has 3 aromatic rings. The zero-order valence-corrected chi connectivity index (χ0v) is 16.1. The van der Waals surface area contributed by atoms with Crippen molar-refractivity contribution in [2.75, 3.05) is 0 Å². The lowest BCUT2D eigenvalue weighted by molar-refractivity contribution is -0.136. The Kier molecular flexibility index (Phi) is 6.30. The number of rotatable bonds is 8. The zero-order valence-electron chi connectivity index (χ0n) is 15.4. The van der Waals surface area contributed by atoms with Crippen LogP contribution in [0.4, 0.5) is 0 Å². The molecule has 0 radical (unpaired) electrons. The van der Waals surface area contributed by atoms with Gasteiger partial charge >= 0.3 is 5.97 Å². The van der Waals surface area contributed by atoms with Crippen LogP contribution in [0, 0.1) is 0 Å². The third-order valence-corrected chi connectivity index (χ3v) is 4.93. The third kappa shape index (κ3) is 4.58. The maximum atomic E-state index is 11.5. The predicted molar refractivity (Wildman–Crippen MR) is 108 cm³/mol. The second kappa shape index (κ2) is 8.87. The first-order valence-corrected chi connectivity index (χ1v) is 9.56. The number of aliphatic carboxylic acids is 1. The zero-order chi connectivity index (χ0) is 19.2. The highest BCUT2D eigenvalue weighted by molar-refractivity contribution is 6.31. The molecule has 0 atom stereocenters. The van der Waals surface area contributed by atoms with Gasteiger partial charge in [-0.15, -0.1) is 0 Å². The predicted octanol–water partition coefficient (Wildman–Crippen LogP) is 5.22.